The number of benzene rings is 1. The molecule has 1 unspecified atom stereocenters. The normalized spacial score (nSPS) is 19.8. The number of morpholine rings is 1. The highest BCUT2D eigenvalue weighted by Crippen LogP contribution is 2.36. The highest BCUT2D eigenvalue weighted by atomic mass is 19.4. The molecule has 1 aromatic rings. The van der Waals surface area contributed by atoms with E-state index in [-0.39, 0.29) is 24.6 Å². The second kappa shape index (κ2) is 5.66. The summed E-state index contributed by atoms with van der Waals surface area (Å²) in [6.07, 6.45) is -4.06. The lowest BCUT2D eigenvalue weighted by atomic mass is 10.0. The molecular weight excluding hydrogens is 271 g/mol. The second-order valence-corrected chi connectivity index (χ2v) is 4.43. The van der Waals surface area contributed by atoms with Gasteiger partial charge in [0.25, 0.3) is 0 Å². The van der Waals surface area contributed by atoms with Crippen LogP contribution in [0.25, 0.3) is 0 Å². The fourth-order valence-electron chi connectivity index (χ4n) is 2.20. The number of carbonyl (C=O) groups is 1. The molecule has 1 amide bonds. The van der Waals surface area contributed by atoms with Crippen LogP contribution in [0, 0.1) is 0 Å². The molecule has 1 saturated heterocycles. The minimum atomic E-state index is -4.44. The molecule has 0 radical (unpaired) electrons. The number of hydrogen-bond acceptors (Lipinski definition) is 2. The van der Waals surface area contributed by atoms with Crippen molar-refractivity contribution in [1.82, 2.24) is 4.90 Å². The maximum Gasteiger partial charge on any atom is 0.416 e. The van der Waals surface area contributed by atoms with E-state index >= 15 is 0 Å². The zero-order valence-corrected chi connectivity index (χ0v) is 10.7. The van der Waals surface area contributed by atoms with Gasteiger partial charge in [-0.1, -0.05) is 24.8 Å². The van der Waals surface area contributed by atoms with E-state index in [1.807, 2.05) is 0 Å². The number of carbonyl (C=O) groups excluding carboxylic acids is 1. The summed E-state index contributed by atoms with van der Waals surface area (Å²) in [6.45, 7) is 4.04. The van der Waals surface area contributed by atoms with Crippen molar-refractivity contribution in [3.63, 3.8) is 0 Å². The Balaban J connectivity index is 2.28. The molecular formula is C14H14F3NO2. The van der Waals surface area contributed by atoms with Crippen molar-refractivity contribution in [2.24, 2.45) is 0 Å². The lowest BCUT2D eigenvalue weighted by Crippen LogP contribution is -2.41. The van der Waals surface area contributed by atoms with Gasteiger partial charge in [0.1, 0.15) is 6.10 Å². The monoisotopic (exact) mass is 285 g/mol. The minimum absolute atomic E-state index is 0.0570. The van der Waals surface area contributed by atoms with Crippen LogP contribution in [0.2, 0.25) is 0 Å². The van der Waals surface area contributed by atoms with E-state index in [9.17, 15) is 18.0 Å². The number of alkyl halides is 3. The summed E-state index contributed by atoms with van der Waals surface area (Å²) in [7, 11) is 0. The van der Waals surface area contributed by atoms with Crippen molar-refractivity contribution in [3.05, 3.63) is 48.0 Å². The SMILES string of the molecule is C=CC(=O)N1CCOC(c2ccccc2C(F)(F)F)C1. The van der Waals surface area contributed by atoms with Crippen molar-refractivity contribution in [1.29, 1.82) is 0 Å². The number of amides is 1. The second-order valence-electron chi connectivity index (χ2n) is 4.43. The maximum atomic E-state index is 13.0. The van der Waals surface area contributed by atoms with Crippen molar-refractivity contribution in [2.75, 3.05) is 19.7 Å². The quantitative estimate of drug-likeness (QED) is 0.782. The van der Waals surface area contributed by atoms with Crippen LogP contribution in [0.1, 0.15) is 17.2 Å². The molecule has 1 heterocycles. The lowest BCUT2D eigenvalue weighted by Gasteiger charge is -2.33. The highest BCUT2D eigenvalue weighted by molar-refractivity contribution is 5.87. The van der Waals surface area contributed by atoms with Crippen molar-refractivity contribution < 1.29 is 22.7 Å². The topological polar surface area (TPSA) is 29.5 Å². The molecule has 3 nitrogen and oxygen atoms in total. The Bertz CT molecular complexity index is 513. The molecule has 0 aliphatic carbocycles. The van der Waals surface area contributed by atoms with E-state index in [1.165, 1.54) is 23.1 Å². The number of rotatable bonds is 2. The Morgan fingerprint density at radius 1 is 1.40 bits per heavy atom. The highest BCUT2D eigenvalue weighted by Gasteiger charge is 2.36. The van der Waals surface area contributed by atoms with Crippen LogP contribution in [0.4, 0.5) is 13.2 Å². The summed E-state index contributed by atoms with van der Waals surface area (Å²) >= 11 is 0. The summed E-state index contributed by atoms with van der Waals surface area (Å²) in [5.74, 6) is -0.303. The van der Waals surface area contributed by atoms with Crippen LogP contribution in [0.15, 0.2) is 36.9 Å². The summed E-state index contributed by atoms with van der Waals surface area (Å²) in [5.41, 5.74) is -0.667. The number of nitrogens with zero attached hydrogens (tertiary/aromatic N) is 1. The fourth-order valence-corrected chi connectivity index (χ4v) is 2.20. The van der Waals surface area contributed by atoms with Crippen LogP contribution in [-0.4, -0.2) is 30.5 Å². The molecule has 1 aliphatic heterocycles. The van der Waals surface area contributed by atoms with Gasteiger partial charge in [-0.25, -0.2) is 0 Å². The third-order valence-electron chi connectivity index (χ3n) is 3.17. The molecule has 0 aromatic heterocycles. The van der Waals surface area contributed by atoms with Gasteiger partial charge in [-0.05, 0) is 17.7 Å². The van der Waals surface area contributed by atoms with Crippen molar-refractivity contribution in [2.45, 2.75) is 12.3 Å². The van der Waals surface area contributed by atoms with Gasteiger partial charge in [-0.2, -0.15) is 13.2 Å². The smallest absolute Gasteiger partial charge is 0.370 e. The Morgan fingerprint density at radius 2 is 2.10 bits per heavy atom. The Labute approximate surface area is 114 Å². The first-order chi connectivity index (χ1) is 9.43. The fraction of sp³-hybridized carbons (Fsp3) is 0.357. The Hall–Kier alpha value is -1.82. The van der Waals surface area contributed by atoms with Crippen molar-refractivity contribution >= 4 is 5.91 Å². The van der Waals surface area contributed by atoms with Gasteiger partial charge in [0.2, 0.25) is 5.91 Å². The van der Waals surface area contributed by atoms with E-state index in [4.69, 9.17) is 4.74 Å². The third-order valence-corrected chi connectivity index (χ3v) is 3.17. The van der Waals surface area contributed by atoms with Gasteiger partial charge >= 0.3 is 6.18 Å². The molecule has 2 rings (SSSR count). The van der Waals surface area contributed by atoms with Gasteiger partial charge < -0.3 is 9.64 Å². The van der Waals surface area contributed by atoms with Crippen molar-refractivity contribution in [3.8, 4) is 0 Å². The summed E-state index contributed by atoms with van der Waals surface area (Å²) in [6, 6.07) is 5.27. The standard InChI is InChI=1S/C14H14F3NO2/c1-2-13(19)18-7-8-20-12(9-18)10-5-3-4-6-11(10)14(15,16)17/h2-6,12H,1,7-9H2. The zero-order chi connectivity index (χ0) is 14.8. The number of halogens is 3. The van der Waals surface area contributed by atoms with E-state index in [1.54, 1.807) is 0 Å². The molecule has 0 spiro atoms. The molecule has 1 atom stereocenters. The number of ether oxygens (including phenoxy) is 1. The molecule has 0 saturated carbocycles. The first-order valence-electron chi connectivity index (χ1n) is 6.12. The van der Waals surface area contributed by atoms with Gasteiger partial charge in [0.15, 0.2) is 0 Å². The van der Waals surface area contributed by atoms with Gasteiger partial charge in [0.05, 0.1) is 18.7 Å². The maximum absolute atomic E-state index is 13.0. The third kappa shape index (κ3) is 3.01. The molecule has 20 heavy (non-hydrogen) atoms. The molecule has 1 fully saturated rings. The van der Waals surface area contributed by atoms with E-state index in [0.29, 0.717) is 6.54 Å². The van der Waals surface area contributed by atoms with Gasteiger partial charge in [-0.15, -0.1) is 0 Å². The molecule has 1 aromatic carbocycles. The van der Waals surface area contributed by atoms with Gasteiger partial charge in [-0.3, -0.25) is 4.79 Å². The van der Waals surface area contributed by atoms with Crippen LogP contribution in [0.5, 0.6) is 0 Å². The number of hydrogen-bond donors (Lipinski definition) is 0. The molecule has 6 heteroatoms. The predicted molar refractivity (Wildman–Crippen MR) is 66.9 cm³/mol. The largest absolute Gasteiger partial charge is 0.416 e. The minimum Gasteiger partial charge on any atom is -0.370 e. The summed E-state index contributed by atoms with van der Waals surface area (Å²) in [5, 5.41) is 0. The first kappa shape index (κ1) is 14.6. The molecule has 1 aliphatic rings. The van der Waals surface area contributed by atoms with Crippen LogP contribution in [-0.2, 0) is 15.7 Å². The van der Waals surface area contributed by atoms with E-state index < -0.39 is 17.8 Å². The van der Waals surface area contributed by atoms with Crippen LogP contribution in [0.3, 0.4) is 0 Å². The summed E-state index contributed by atoms with van der Waals surface area (Å²) in [4.78, 5) is 13.0. The van der Waals surface area contributed by atoms with Crippen LogP contribution < -0.4 is 0 Å². The zero-order valence-electron chi connectivity index (χ0n) is 10.7. The average Bonchev–Trinajstić information content (AvgIpc) is 2.45. The molecule has 0 N–H and O–H groups in total. The Morgan fingerprint density at radius 3 is 2.75 bits per heavy atom. The van der Waals surface area contributed by atoms with Gasteiger partial charge in [0, 0.05) is 6.54 Å². The molecule has 108 valence electrons. The average molecular weight is 285 g/mol. The van der Waals surface area contributed by atoms with E-state index in [2.05, 4.69) is 6.58 Å². The van der Waals surface area contributed by atoms with E-state index in [0.717, 1.165) is 12.1 Å². The predicted octanol–water partition coefficient (Wildman–Crippen LogP) is 2.79. The first-order valence-corrected chi connectivity index (χ1v) is 6.12. The lowest BCUT2D eigenvalue weighted by molar-refractivity contribution is -0.141. The van der Waals surface area contributed by atoms with Crippen LogP contribution >= 0.6 is 0 Å². The summed E-state index contributed by atoms with van der Waals surface area (Å²) < 4.78 is 44.3. The molecule has 0 bridgehead atoms. The Kier molecular flexibility index (Phi) is 4.13.